The van der Waals surface area contributed by atoms with Gasteiger partial charge < -0.3 is 0 Å². The van der Waals surface area contributed by atoms with Crippen molar-refractivity contribution in [2.75, 3.05) is 0 Å². The average Bonchev–Trinajstić information content (AvgIpc) is 3.16. The summed E-state index contributed by atoms with van der Waals surface area (Å²) in [6, 6.07) is 46.5. The van der Waals surface area contributed by atoms with E-state index in [4.69, 9.17) is 15.0 Å². The normalized spacial score (nSPS) is 12.0. The highest BCUT2D eigenvalue weighted by Gasteiger charge is 2.15. The Morgan fingerprint density at radius 3 is 1.98 bits per heavy atom. The highest BCUT2D eigenvalue weighted by Crippen LogP contribution is 2.37. The molecule has 8 rings (SSSR count). The smallest absolute Gasteiger partial charge is 0.160 e. The van der Waals surface area contributed by atoms with E-state index < -0.39 is 0 Å². The molecule has 228 valence electrons. The average molecular weight is 617 g/mol. The summed E-state index contributed by atoms with van der Waals surface area (Å²) in [4.78, 5) is 19.8. The molecule has 3 heterocycles. The van der Waals surface area contributed by atoms with Gasteiger partial charge in [0.25, 0.3) is 0 Å². The second kappa shape index (κ2) is 12.5. The fraction of sp³-hybridized carbons (Fsp3) is 0.0455. The van der Waals surface area contributed by atoms with Crippen molar-refractivity contribution in [1.29, 1.82) is 0 Å². The molecular weight excluding hydrogens is 585 g/mol. The zero-order valence-corrected chi connectivity index (χ0v) is 26.8. The Balaban J connectivity index is 1.21. The number of hydrogen-bond donors (Lipinski definition) is 0. The highest BCUT2D eigenvalue weighted by molar-refractivity contribution is 6.05. The molecule has 0 unspecified atom stereocenters. The number of rotatable bonds is 6. The van der Waals surface area contributed by atoms with Crippen LogP contribution in [0.2, 0.25) is 0 Å². The van der Waals surface area contributed by atoms with Crippen molar-refractivity contribution >= 4 is 38.2 Å². The molecule has 0 saturated heterocycles. The lowest BCUT2D eigenvalue weighted by atomic mass is 9.92. The molecule has 0 amide bonds. The summed E-state index contributed by atoms with van der Waals surface area (Å²) in [5.41, 5.74) is 11.1. The summed E-state index contributed by atoms with van der Waals surface area (Å²) in [7, 11) is 0. The van der Waals surface area contributed by atoms with Crippen molar-refractivity contribution in [3.8, 4) is 45.0 Å². The van der Waals surface area contributed by atoms with Crippen LogP contribution >= 0.6 is 0 Å². The number of aromatic nitrogens is 4. The topological polar surface area (TPSA) is 51.6 Å². The molecule has 8 aromatic rings. The van der Waals surface area contributed by atoms with Crippen LogP contribution in [-0.4, -0.2) is 19.9 Å². The predicted octanol–water partition coefficient (Wildman–Crippen LogP) is 11.4. The maximum absolute atomic E-state index is 5.12. The Bertz CT molecular complexity index is 2510. The molecule has 0 aliphatic carbocycles. The molecule has 0 aliphatic rings. The molecule has 0 aliphatic heterocycles. The van der Waals surface area contributed by atoms with Crippen LogP contribution in [0.5, 0.6) is 0 Å². The van der Waals surface area contributed by atoms with E-state index in [-0.39, 0.29) is 0 Å². The summed E-state index contributed by atoms with van der Waals surface area (Å²) < 4.78 is 0. The molecule has 3 aromatic heterocycles. The van der Waals surface area contributed by atoms with Gasteiger partial charge in [0.1, 0.15) is 0 Å². The van der Waals surface area contributed by atoms with Gasteiger partial charge in [-0.3, -0.25) is 4.98 Å². The SMILES string of the molecule is C/C=C\C(=C/C)c1cc(-c2ccc(-c3ccc(-c4ccc5ccc6cccnc6c5n4)cc3)c3ccccc23)nc(-c2ccccc2)n1. The van der Waals surface area contributed by atoms with Gasteiger partial charge >= 0.3 is 0 Å². The quantitative estimate of drug-likeness (QED) is 0.138. The van der Waals surface area contributed by atoms with Gasteiger partial charge in [0.15, 0.2) is 5.82 Å². The minimum absolute atomic E-state index is 0.710. The van der Waals surface area contributed by atoms with Crippen molar-refractivity contribution in [2.45, 2.75) is 13.8 Å². The monoisotopic (exact) mass is 616 g/mol. The molecule has 0 spiro atoms. The Morgan fingerprint density at radius 2 is 1.21 bits per heavy atom. The maximum atomic E-state index is 5.12. The zero-order chi connectivity index (χ0) is 32.5. The Hall–Kier alpha value is -6.26. The third-order valence-electron chi connectivity index (χ3n) is 8.83. The van der Waals surface area contributed by atoms with Gasteiger partial charge in [0.2, 0.25) is 0 Å². The van der Waals surface area contributed by atoms with Crippen molar-refractivity contribution in [2.24, 2.45) is 0 Å². The van der Waals surface area contributed by atoms with E-state index >= 15 is 0 Å². The van der Waals surface area contributed by atoms with Crippen molar-refractivity contribution in [3.63, 3.8) is 0 Å². The second-order valence-electron chi connectivity index (χ2n) is 11.8. The summed E-state index contributed by atoms with van der Waals surface area (Å²) in [5, 5.41) is 4.50. The van der Waals surface area contributed by atoms with Crippen LogP contribution in [0.4, 0.5) is 0 Å². The first-order valence-corrected chi connectivity index (χ1v) is 16.2. The first kappa shape index (κ1) is 29.2. The summed E-state index contributed by atoms with van der Waals surface area (Å²) >= 11 is 0. The number of pyridine rings is 2. The van der Waals surface area contributed by atoms with Crippen LogP contribution < -0.4 is 0 Å². The van der Waals surface area contributed by atoms with E-state index in [1.54, 1.807) is 0 Å². The second-order valence-corrected chi connectivity index (χ2v) is 11.8. The number of hydrogen-bond acceptors (Lipinski definition) is 4. The van der Waals surface area contributed by atoms with E-state index in [2.05, 4.69) is 126 Å². The van der Waals surface area contributed by atoms with Gasteiger partial charge in [-0.25, -0.2) is 15.0 Å². The van der Waals surface area contributed by atoms with Crippen LogP contribution in [0, 0.1) is 0 Å². The van der Waals surface area contributed by atoms with Crippen LogP contribution in [-0.2, 0) is 0 Å². The lowest BCUT2D eigenvalue weighted by Gasteiger charge is -2.14. The fourth-order valence-electron chi connectivity index (χ4n) is 6.44. The Kier molecular flexibility index (Phi) is 7.60. The number of fused-ring (bicyclic) bond motifs is 4. The minimum atomic E-state index is 0.710. The minimum Gasteiger partial charge on any atom is -0.254 e. The molecule has 0 N–H and O–H groups in total. The van der Waals surface area contributed by atoms with Gasteiger partial charge in [-0.05, 0) is 59.5 Å². The molecule has 4 nitrogen and oxygen atoms in total. The first-order valence-electron chi connectivity index (χ1n) is 16.2. The van der Waals surface area contributed by atoms with Crippen LogP contribution in [0.15, 0.2) is 158 Å². The number of allylic oxidation sites excluding steroid dienone is 4. The van der Waals surface area contributed by atoms with Crippen LogP contribution in [0.25, 0.3) is 83.2 Å². The Morgan fingerprint density at radius 1 is 0.521 bits per heavy atom. The van der Waals surface area contributed by atoms with E-state index in [1.165, 1.54) is 10.9 Å². The van der Waals surface area contributed by atoms with Crippen LogP contribution in [0.1, 0.15) is 19.5 Å². The van der Waals surface area contributed by atoms with Gasteiger partial charge in [-0.1, -0.05) is 133 Å². The summed E-state index contributed by atoms with van der Waals surface area (Å²) in [6.07, 6.45) is 8.07. The Labute approximate surface area is 279 Å². The first-order chi connectivity index (χ1) is 23.7. The number of benzene rings is 5. The van der Waals surface area contributed by atoms with Crippen molar-refractivity contribution in [3.05, 3.63) is 164 Å². The standard InChI is InChI=1S/C44H32N4/c1-3-11-29(4-2)40-28-41(48-44(47-40)34-12-6-5-7-13-34)38-25-24-35(36-15-8-9-16-37(36)38)30-17-19-31(20-18-30)39-26-23-33-22-21-32-14-10-27-45-42(32)43(33)46-39/h3-28H,1-2H3/b11-3-,29-4+. The van der Waals surface area contributed by atoms with Crippen molar-refractivity contribution in [1.82, 2.24) is 19.9 Å². The molecule has 0 bridgehead atoms. The van der Waals surface area contributed by atoms with Gasteiger partial charge in [-0.15, -0.1) is 0 Å². The van der Waals surface area contributed by atoms with Gasteiger partial charge in [0.05, 0.1) is 28.1 Å². The molecule has 0 atom stereocenters. The molecular formula is C44H32N4. The fourth-order valence-corrected chi connectivity index (χ4v) is 6.44. The summed E-state index contributed by atoms with van der Waals surface area (Å²) in [5.74, 6) is 0.710. The molecule has 5 aromatic carbocycles. The third kappa shape index (κ3) is 5.33. The molecule has 0 fully saturated rings. The molecule has 48 heavy (non-hydrogen) atoms. The van der Waals surface area contributed by atoms with E-state index in [0.717, 1.165) is 72.1 Å². The van der Waals surface area contributed by atoms with E-state index in [9.17, 15) is 0 Å². The van der Waals surface area contributed by atoms with Crippen LogP contribution in [0.3, 0.4) is 0 Å². The predicted molar refractivity (Wildman–Crippen MR) is 200 cm³/mol. The van der Waals surface area contributed by atoms with Gasteiger partial charge in [-0.2, -0.15) is 0 Å². The molecule has 0 saturated carbocycles. The third-order valence-corrected chi connectivity index (χ3v) is 8.83. The van der Waals surface area contributed by atoms with E-state index in [0.29, 0.717) is 5.82 Å². The lowest BCUT2D eigenvalue weighted by Crippen LogP contribution is -1.98. The number of nitrogens with zero attached hydrogens (tertiary/aromatic N) is 4. The highest BCUT2D eigenvalue weighted by atomic mass is 14.9. The molecule has 4 heteroatoms. The largest absolute Gasteiger partial charge is 0.254 e. The maximum Gasteiger partial charge on any atom is 0.160 e. The summed E-state index contributed by atoms with van der Waals surface area (Å²) in [6.45, 7) is 4.07. The van der Waals surface area contributed by atoms with Crippen molar-refractivity contribution < 1.29 is 0 Å². The zero-order valence-electron chi connectivity index (χ0n) is 26.8. The van der Waals surface area contributed by atoms with E-state index in [1.807, 2.05) is 50.4 Å². The lowest BCUT2D eigenvalue weighted by molar-refractivity contribution is 1.16. The van der Waals surface area contributed by atoms with Gasteiger partial charge in [0, 0.05) is 33.7 Å². The molecule has 0 radical (unpaired) electrons.